The predicted octanol–water partition coefficient (Wildman–Crippen LogP) is 4.16. The molecule has 5 atom stereocenters. The maximum atomic E-state index is 11.9. The normalized spacial score (nSPS) is 25.4. The molecule has 194 valence electrons. The van der Waals surface area contributed by atoms with Gasteiger partial charge in [-0.25, -0.2) is 0 Å². The van der Waals surface area contributed by atoms with Crippen LogP contribution in [0.4, 0.5) is 0 Å². The highest BCUT2D eigenvalue weighted by Gasteiger charge is 2.58. The van der Waals surface area contributed by atoms with Gasteiger partial charge in [-0.1, -0.05) is 91.0 Å². The number of hydrogen-bond donors (Lipinski definition) is 1. The van der Waals surface area contributed by atoms with Crippen molar-refractivity contribution in [1.82, 2.24) is 0 Å². The van der Waals surface area contributed by atoms with Gasteiger partial charge in [-0.15, -0.1) is 0 Å². The molecule has 0 aromatic heterocycles. The Morgan fingerprint density at radius 3 is 1.84 bits per heavy atom. The zero-order valence-electron chi connectivity index (χ0n) is 21.2. The second-order valence-corrected chi connectivity index (χ2v) is 9.80. The lowest BCUT2D eigenvalue weighted by Crippen LogP contribution is -2.46. The van der Waals surface area contributed by atoms with Crippen LogP contribution in [0.1, 0.15) is 37.5 Å². The third kappa shape index (κ3) is 5.06. The van der Waals surface area contributed by atoms with E-state index in [0.717, 1.165) is 16.7 Å². The number of carbonyl (C=O) groups is 1. The van der Waals surface area contributed by atoms with E-state index in [1.807, 2.05) is 91.0 Å². The summed E-state index contributed by atoms with van der Waals surface area (Å²) in [7, 11) is 0. The van der Waals surface area contributed by atoms with Crippen LogP contribution in [0, 0.1) is 0 Å². The molecule has 0 spiro atoms. The molecule has 0 bridgehead atoms. The Kier molecular flexibility index (Phi) is 7.16. The number of aliphatic hydroxyl groups excluding tert-OH is 1. The smallest absolute Gasteiger partial charge is 0.303 e. The summed E-state index contributed by atoms with van der Waals surface area (Å²) in [6.45, 7) is 4.74. The summed E-state index contributed by atoms with van der Waals surface area (Å²) in [5, 5.41) is 11.4. The van der Waals surface area contributed by atoms with E-state index < -0.39 is 48.1 Å². The maximum Gasteiger partial charge on any atom is 0.303 e. The van der Waals surface area contributed by atoms with E-state index in [-0.39, 0.29) is 6.61 Å². The second-order valence-electron chi connectivity index (χ2n) is 9.80. The molecule has 7 heteroatoms. The molecule has 5 rings (SSSR count). The fourth-order valence-corrected chi connectivity index (χ4v) is 5.21. The molecule has 2 heterocycles. The molecule has 2 fully saturated rings. The van der Waals surface area contributed by atoms with E-state index in [2.05, 4.69) is 0 Å². The third-order valence-electron chi connectivity index (χ3n) is 6.72. The van der Waals surface area contributed by atoms with Crippen molar-refractivity contribution < 1.29 is 33.6 Å². The Balaban J connectivity index is 1.48. The summed E-state index contributed by atoms with van der Waals surface area (Å²) < 4.78 is 30.1. The highest BCUT2D eigenvalue weighted by Crippen LogP contribution is 2.42. The van der Waals surface area contributed by atoms with Crippen molar-refractivity contribution in [3.63, 3.8) is 0 Å². The molecule has 2 aliphatic heterocycles. The maximum absolute atomic E-state index is 11.9. The predicted molar refractivity (Wildman–Crippen MR) is 135 cm³/mol. The molecular formula is C30H32O7. The SMILES string of the molecule is CC(=O)OC1C2OC(C)(C)O[C@H]2O[C@H]1C(O)COC(c1ccccc1)(c1ccccc1)c1ccccc1. The first-order chi connectivity index (χ1) is 17.8. The Morgan fingerprint density at radius 1 is 0.892 bits per heavy atom. The van der Waals surface area contributed by atoms with Gasteiger partial charge in [-0.3, -0.25) is 4.79 Å². The number of esters is 1. The van der Waals surface area contributed by atoms with Gasteiger partial charge in [0.25, 0.3) is 0 Å². The van der Waals surface area contributed by atoms with Crippen LogP contribution in [0.2, 0.25) is 0 Å². The molecule has 37 heavy (non-hydrogen) atoms. The first-order valence-electron chi connectivity index (χ1n) is 12.5. The van der Waals surface area contributed by atoms with Gasteiger partial charge in [0.1, 0.15) is 17.8 Å². The number of ether oxygens (including phenoxy) is 5. The molecule has 2 saturated heterocycles. The fourth-order valence-electron chi connectivity index (χ4n) is 5.21. The monoisotopic (exact) mass is 504 g/mol. The van der Waals surface area contributed by atoms with Crippen molar-refractivity contribution in [2.24, 2.45) is 0 Å². The number of benzene rings is 3. The van der Waals surface area contributed by atoms with Gasteiger partial charge in [0, 0.05) is 6.92 Å². The number of aliphatic hydroxyl groups is 1. The summed E-state index contributed by atoms with van der Waals surface area (Å²) >= 11 is 0. The summed E-state index contributed by atoms with van der Waals surface area (Å²) in [6.07, 6.45) is -4.29. The molecule has 0 saturated carbocycles. The standard InChI is InChI=1S/C30H32O7/c1-20(31)34-26-25(35-28-27(26)36-29(2,3)37-28)24(32)19-33-30(21-13-7-4-8-14-21,22-15-9-5-10-16-22)23-17-11-6-12-18-23/h4-18,24-28,32H,19H2,1-3H3/t24?,25-,26?,27?,28+/m0/s1. The van der Waals surface area contributed by atoms with Gasteiger partial charge < -0.3 is 28.8 Å². The van der Waals surface area contributed by atoms with E-state index in [9.17, 15) is 9.90 Å². The average molecular weight is 505 g/mol. The molecule has 3 aromatic carbocycles. The molecular weight excluding hydrogens is 472 g/mol. The quantitative estimate of drug-likeness (QED) is 0.364. The van der Waals surface area contributed by atoms with Gasteiger partial charge >= 0.3 is 5.97 Å². The van der Waals surface area contributed by atoms with Crippen molar-refractivity contribution in [2.75, 3.05) is 6.61 Å². The first kappa shape index (κ1) is 25.6. The molecule has 0 amide bonds. The Bertz CT molecular complexity index is 1090. The van der Waals surface area contributed by atoms with E-state index in [4.69, 9.17) is 23.7 Å². The van der Waals surface area contributed by atoms with Crippen LogP contribution in [0.15, 0.2) is 91.0 Å². The van der Waals surface area contributed by atoms with Crippen molar-refractivity contribution in [3.8, 4) is 0 Å². The van der Waals surface area contributed by atoms with Crippen molar-refractivity contribution >= 4 is 5.97 Å². The second kappa shape index (κ2) is 10.4. The zero-order chi connectivity index (χ0) is 26.0. The minimum Gasteiger partial charge on any atom is -0.457 e. The largest absolute Gasteiger partial charge is 0.457 e. The number of hydrogen-bond acceptors (Lipinski definition) is 7. The topological polar surface area (TPSA) is 83.5 Å². The van der Waals surface area contributed by atoms with E-state index in [0.29, 0.717) is 0 Å². The molecule has 1 N–H and O–H groups in total. The van der Waals surface area contributed by atoms with Crippen LogP contribution in [-0.2, 0) is 34.1 Å². The molecule has 0 radical (unpaired) electrons. The number of carbonyl (C=O) groups excluding carboxylic acids is 1. The Morgan fingerprint density at radius 2 is 1.38 bits per heavy atom. The van der Waals surface area contributed by atoms with Crippen LogP contribution in [0.25, 0.3) is 0 Å². The van der Waals surface area contributed by atoms with Crippen molar-refractivity contribution in [1.29, 1.82) is 0 Å². The lowest BCUT2D eigenvalue weighted by Gasteiger charge is -2.37. The molecule has 0 aliphatic carbocycles. The minimum atomic E-state index is -1.14. The van der Waals surface area contributed by atoms with Crippen LogP contribution < -0.4 is 0 Å². The van der Waals surface area contributed by atoms with Gasteiger partial charge in [0.2, 0.25) is 0 Å². The lowest BCUT2D eigenvalue weighted by atomic mass is 9.80. The number of rotatable bonds is 8. The van der Waals surface area contributed by atoms with Gasteiger partial charge in [0.05, 0.1) is 6.61 Å². The van der Waals surface area contributed by atoms with Crippen molar-refractivity contribution in [2.45, 2.75) is 62.9 Å². The highest BCUT2D eigenvalue weighted by atomic mass is 16.8. The van der Waals surface area contributed by atoms with E-state index in [1.54, 1.807) is 13.8 Å². The zero-order valence-corrected chi connectivity index (χ0v) is 21.2. The van der Waals surface area contributed by atoms with Crippen LogP contribution in [-0.4, -0.2) is 54.2 Å². The first-order valence-corrected chi connectivity index (χ1v) is 12.5. The van der Waals surface area contributed by atoms with Crippen LogP contribution in [0.5, 0.6) is 0 Å². The van der Waals surface area contributed by atoms with E-state index >= 15 is 0 Å². The molecule has 3 aromatic rings. The summed E-state index contributed by atoms with van der Waals surface area (Å²) in [5.74, 6) is -1.38. The Hall–Kier alpha value is -3.07. The summed E-state index contributed by atoms with van der Waals surface area (Å²) in [4.78, 5) is 11.9. The average Bonchev–Trinajstić information content (AvgIpc) is 3.38. The fraction of sp³-hybridized carbons (Fsp3) is 0.367. The molecule has 3 unspecified atom stereocenters. The van der Waals surface area contributed by atoms with Crippen LogP contribution in [0.3, 0.4) is 0 Å². The van der Waals surface area contributed by atoms with Gasteiger partial charge in [0.15, 0.2) is 24.3 Å². The number of fused-ring (bicyclic) bond motifs is 1. The molecule has 2 aliphatic rings. The van der Waals surface area contributed by atoms with E-state index in [1.165, 1.54) is 6.92 Å². The van der Waals surface area contributed by atoms with Gasteiger partial charge in [-0.05, 0) is 30.5 Å². The van der Waals surface area contributed by atoms with Crippen LogP contribution >= 0.6 is 0 Å². The summed E-state index contributed by atoms with van der Waals surface area (Å²) in [6, 6.07) is 29.7. The summed E-state index contributed by atoms with van der Waals surface area (Å²) in [5.41, 5.74) is 1.72. The lowest BCUT2D eigenvalue weighted by molar-refractivity contribution is -0.233. The third-order valence-corrected chi connectivity index (χ3v) is 6.72. The highest BCUT2D eigenvalue weighted by molar-refractivity contribution is 5.66. The minimum absolute atomic E-state index is 0.107. The molecule has 7 nitrogen and oxygen atoms in total. The Labute approximate surface area is 216 Å². The van der Waals surface area contributed by atoms with Gasteiger partial charge in [-0.2, -0.15) is 0 Å². The van der Waals surface area contributed by atoms with Crippen molar-refractivity contribution in [3.05, 3.63) is 108 Å².